The Morgan fingerprint density at radius 2 is 2.28 bits per heavy atom. The predicted molar refractivity (Wildman–Crippen MR) is 104 cm³/mol. The van der Waals surface area contributed by atoms with Crippen molar-refractivity contribution < 1.29 is 13.9 Å². The molecule has 0 saturated heterocycles. The molecule has 1 N–H and O–H groups in total. The second-order valence-electron chi connectivity index (χ2n) is 5.36. The number of ether oxygens (including phenoxy) is 1. The maximum Gasteiger partial charge on any atom is 0.239 e. The van der Waals surface area contributed by atoms with Crippen molar-refractivity contribution in [3.8, 4) is 5.75 Å². The molecule has 5 nitrogen and oxygen atoms in total. The minimum atomic E-state index is -0.143. The minimum absolute atomic E-state index is 0.0249. The molecule has 0 spiro atoms. The standard InChI is InChI=1S/C18H20N2O3S2/c1-3-15(24-11-13-6-5-9-23-13)17(21)20-18-19-14-8-7-12(22-4-2)10-16(14)25-18/h5-10,15H,3-4,11H2,1-2H3,(H,19,20,21). The molecular formula is C18H20N2O3S2. The number of furan rings is 1. The summed E-state index contributed by atoms with van der Waals surface area (Å²) in [5.74, 6) is 2.34. The number of anilines is 1. The first-order chi connectivity index (χ1) is 12.2. The summed E-state index contributed by atoms with van der Waals surface area (Å²) in [6, 6.07) is 9.53. The Morgan fingerprint density at radius 3 is 3.00 bits per heavy atom. The summed E-state index contributed by atoms with van der Waals surface area (Å²) in [5, 5.41) is 3.41. The van der Waals surface area contributed by atoms with Crippen LogP contribution in [-0.4, -0.2) is 22.7 Å². The number of hydrogen-bond acceptors (Lipinski definition) is 6. The summed E-state index contributed by atoms with van der Waals surface area (Å²) >= 11 is 3.03. The van der Waals surface area contributed by atoms with Gasteiger partial charge in [0.25, 0.3) is 0 Å². The third-order valence-electron chi connectivity index (χ3n) is 3.57. The molecule has 3 aromatic rings. The first-order valence-corrected chi connectivity index (χ1v) is 10.0. The highest BCUT2D eigenvalue weighted by Crippen LogP contribution is 2.30. The first kappa shape index (κ1) is 17.8. The van der Waals surface area contributed by atoms with Crippen molar-refractivity contribution in [2.24, 2.45) is 0 Å². The Balaban J connectivity index is 1.65. The molecular weight excluding hydrogens is 356 g/mol. The molecule has 7 heteroatoms. The van der Waals surface area contributed by atoms with Crippen molar-refractivity contribution in [1.82, 2.24) is 4.98 Å². The van der Waals surface area contributed by atoms with Crippen LogP contribution in [-0.2, 0) is 10.5 Å². The lowest BCUT2D eigenvalue weighted by molar-refractivity contribution is -0.115. The van der Waals surface area contributed by atoms with E-state index in [1.165, 1.54) is 11.3 Å². The number of nitrogens with zero attached hydrogens (tertiary/aromatic N) is 1. The highest BCUT2D eigenvalue weighted by atomic mass is 32.2. The van der Waals surface area contributed by atoms with Crippen LogP contribution in [0, 0.1) is 0 Å². The van der Waals surface area contributed by atoms with E-state index in [-0.39, 0.29) is 11.2 Å². The zero-order valence-electron chi connectivity index (χ0n) is 14.2. The largest absolute Gasteiger partial charge is 0.494 e. The van der Waals surface area contributed by atoms with Crippen LogP contribution in [0.15, 0.2) is 41.0 Å². The van der Waals surface area contributed by atoms with Crippen LogP contribution in [0.3, 0.4) is 0 Å². The van der Waals surface area contributed by atoms with Crippen LogP contribution in [0.5, 0.6) is 5.75 Å². The van der Waals surface area contributed by atoms with E-state index in [1.54, 1.807) is 18.0 Å². The number of fused-ring (bicyclic) bond motifs is 1. The van der Waals surface area contributed by atoms with Gasteiger partial charge in [0.1, 0.15) is 11.5 Å². The number of thioether (sulfide) groups is 1. The van der Waals surface area contributed by atoms with Crippen molar-refractivity contribution in [2.45, 2.75) is 31.3 Å². The molecule has 0 fully saturated rings. The van der Waals surface area contributed by atoms with Gasteiger partial charge in [-0.2, -0.15) is 0 Å². The summed E-state index contributed by atoms with van der Waals surface area (Å²) in [4.78, 5) is 17.0. The van der Waals surface area contributed by atoms with Crippen molar-refractivity contribution >= 4 is 44.4 Å². The van der Waals surface area contributed by atoms with Gasteiger partial charge in [-0.05, 0) is 43.7 Å². The lowest BCUT2D eigenvalue weighted by Crippen LogP contribution is -2.24. The molecule has 1 amide bonds. The van der Waals surface area contributed by atoms with E-state index >= 15 is 0 Å². The predicted octanol–water partition coefficient (Wildman–Crippen LogP) is 4.94. The Morgan fingerprint density at radius 1 is 1.40 bits per heavy atom. The lowest BCUT2D eigenvalue weighted by atomic mass is 10.3. The van der Waals surface area contributed by atoms with Gasteiger partial charge < -0.3 is 14.5 Å². The molecule has 0 radical (unpaired) electrons. The van der Waals surface area contributed by atoms with E-state index in [0.29, 0.717) is 17.5 Å². The molecule has 3 rings (SSSR count). The number of carbonyl (C=O) groups excluding carboxylic acids is 1. The van der Waals surface area contributed by atoms with Gasteiger partial charge in [-0.15, -0.1) is 11.8 Å². The third-order valence-corrected chi connectivity index (χ3v) is 5.91. The van der Waals surface area contributed by atoms with Gasteiger partial charge in [-0.1, -0.05) is 18.3 Å². The smallest absolute Gasteiger partial charge is 0.239 e. The van der Waals surface area contributed by atoms with Crippen LogP contribution in [0.1, 0.15) is 26.0 Å². The van der Waals surface area contributed by atoms with Crippen LogP contribution in [0.4, 0.5) is 5.13 Å². The molecule has 1 atom stereocenters. The quantitative estimate of drug-likeness (QED) is 0.603. The first-order valence-electron chi connectivity index (χ1n) is 8.17. The zero-order valence-corrected chi connectivity index (χ0v) is 15.8. The van der Waals surface area contributed by atoms with Gasteiger partial charge in [0.05, 0.1) is 34.1 Å². The molecule has 0 bridgehead atoms. The monoisotopic (exact) mass is 376 g/mol. The van der Waals surface area contributed by atoms with Gasteiger partial charge in [0, 0.05) is 0 Å². The number of hydrogen-bond donors (Lipinski definition) is 1. The van der Waals surface area contributed by atoms with E-state index in [2.05, 4.69) is 10.3 Å². The van der Waals surface area contributed by atoms with E-state index in [9.17, 15) is 4.79 Å². The second kappa shape index (κ2) is 8.40. The van der Waals surface area contributed by atoms with E-state index in [0.717, 1.165) is 28.1 Å². The van der Waals surface area contributed by atoms with Crippen LogP contribution in [0.2, 0.25) is 0 Å². The fraction of sp³-hybridized carbons (Fsp3) is 0.333. The number of amides is 1. The van der Waals surface area contributed by atoms with Crippen molar-refractivity contribution in [3.05, 3.63) is 42.4 Å². The SMILES string of the molecule is CCOc1ccc2nc(NC(=O)C(CC)SCc3ccco3)sc2c1. The Hall–Kier alpha value is -1.99. The topological polar surface area (TPSA) is 64.4 Å². The van der Waals surface area contributed by atoms with Crippen LogP contribution in [0.25, 0.3) is 10.2 Å². The number of rotatable bonds is 8. The second-order valence-corrected chi connectivity index (χ2v) is 7.58. The lowest BCUT2D eigenvalue weighted by Gasteiger charge is -2.12. The van der Waals surface area contributed by atoms with Crippen molar-refractivity contribution in [3.63, 3.8) is 0 Å². The van der Waals surface area contributed by atoms with E-state index in [1.807, 2.05) is 44.2 Å². The molecule has 1 unspecified atom stereocenters. The summed E-state index contributed by atoms with van der Waals surface area (Å²) in [6.45, 7) is 4.58. The van der Waals surface area contributed by atoms with Crippen LogP contribution < -0.4 is 10.1 Å². The molecule has 2 heterocycles. The highest BCUT2D eigenvalue weighted by Gasteiger charge is 2.19. The van der Waals surface area contributed by atoms with Gasteiger partial charge in [-0.25, -0.2) is 4.98 Å². The fourth-order valence-corrected chi connectivity index (χ4v) is 4.23. The van der Waals surface area contributed by atoms with E-state index in [4.69, 9.17) is 9.15 Å². The molecule has 0 aliphatic heterocycles. The van der Waals surface area contributed by atoms with Gasteiger partial charge in [-0.3, -0.25) is 4.79 Å². The molecule has 0 aliphatic carbocycles. The summed E-state index contributed by atoms with van der Waals surface area (Å²) in [6.07, 6.45) is 2.39. The molecule has 2 aromatic heterocycles. The fourth-order valence-electron chi connectivity index (χ4n) is 2.36. The number of thiazole rings is 1. The van der Waals surface area contributed by atoms with Gasteiger partial charge in [0.15, 0.2) is 5.13 Å². The molecule has 132 valence electrons. The zero-order chi connectivity index (χ0) is 17.6. The maximum absolute atomic E-state index is 12.5. The Labute approximate surface area is 154 Å². The number of nitrogens with one attached hydrogen (secondary N) is 1. The normalized spacial score (nSPS) is 12.2. The molecule has 0 aliphatic rings. The number of aromatic nitrogens is 1. The summed E-state index contributed by atoms with van der Waals surface area (Å²) in [5.41, 5.74) is 0.861. The molecule has 25 heavy (non-hydrogen) atoms. The van der Waals surface area contributed by atoms with Gasteiger partial charge >= 0.3 is 0 Å². The minimum Gasteiger partial charge on any atom is -0.494 e. The van der Waals surface area contributed by atoms with Crippen LogP contribution >= 0.6 is 23.1 Å². The van der Waals surface area contributed by atoms with E-state index < -0.39 is 0 Å². The maximum atomic E-state index is 12.5. The highest BCUT2D eigenvalue weighted by molar-refractivity contribution is 7.99. The molecule has 1 aromatic carbocycles. The number of benzene rings is 1. The van der Waals surface area contributed by atoms with Crippen molar-refractivity contribution in [1.29, 1.82) is 0 Å². The Bertz CT molecular complexity index is 830. The summed E-state index contributed by atoms with van der Waals surface area (Å²) in [7, 11) is 0. The Kier molecular flexibility index (Phi) is 5.99. The number of carbonyl (C=O) groups is 1. The molecule has 0 saturated carbocycles. The average molecular weight is 377 g/mol. The van der Waals surface area contributed by atoms with Gasteiger partial charge in [0.2, 0.25) is 5.91 Å². The summed E-state index contributed by atoms with van der Waals surface area (Å²) < 4.78 is 11.8. The average Bonchev–Trinajstić information content (AvgIpc) is 3.24. The third kappa shape index (κ3) is 4.55. The van der Waals surface area contributed by atoms with Crippen molar-refractivity contribution in [2.75, 3.05) is 11.9 Å².